The molecule has 0 atom stereocenters. The standard InChI is InChI=1S/C14H17N3O3/c1-10(2)16(8-9-18)13-6-5-12(17(19)20)11-4-3-7-15-14(11)13/h3-7,10,18H,8-9H2,1-2H3. The smallest absolute Gasteiger partial charge is 0.278 e. The van der Waals surface area contributed by atoms with Crippen molar-refractivity contribution < 1.29 is 10.0 Å². The third-order valence-corrected chi connectivity index (χ3v) is 3.20. The molecule has 1 heterocycles. The number of fused-ring (bicyclic) bond motifs is 1. The summed E-state index contributed by atoms with van der Waals surface area (Å²) in [6, 6.07) is 6.73. The van der Waals surface area contributed by atoms with Crippen molar-refractivity contribution in [2.24, 2.45) is 0 Å². The number of aromatic nitrogens is 1. The lowest BCUT2D eigenvalue weighted by Gasteiger charge is -2.28. The second kappa shape index (κ2) is 5.83. The van der Waals surface area contributed by atoms with Crippen molar-refractivity contribution in [1.82, 2.24) is 4.98 Å². The van der Waals surface area contributed by atoms with Crippen LogP contribution in [0.5, 0.6) is 0 Å². The van der Waals surface area contributed by atoms with Crippen molar-refractivity contribution in [2.45, 2.75) is 19.9 Å². The van der Waals surface area contributed by atoms with Crippen molar-refractivity contribution in [3.05, 3.63) is 40.6 Å². The zero-order valence-corrected chi connectivity index (χ0v) is 11.5. The maximum Gasteiger partial charge on any atom is 0.278 e. The minimum atomic E-state index is -0.403. The number of benzene rings is 1. The Bertz CT molecular complexity index is 628. The monoisotopic (exact) mass is 275 g/mol. The number of anilines is 1. The fourth-order valence-corrected chi connectivity index (χ4v) is 2.30. The Hall–Kier alpha value is -2.21. The molecule has 6 heteroatoms. The van der Waals surface area contributed by atoms with Gasteiger partial charge in [-0.2, -0.15) is 0 Å². The summed E-state index contributed by atoms with van der Waals surface area (Å²) in [4.78, 5) is 16.9. The van der Waals surface area contributed by atoms with E-state index in [4.69, 9.17) is 0 Å². The van der Waals surface area contributed by atoms with Crippen LogP contribution in [0.4, 0.5) is 11.4 Å². The Morgan fingerprint density at radius 3 is 2.75 bits per heavy atom. The third kappa shape index (κ3) is 2.55. The molecule has 0 bridgehead atoms. The average Bonchev–Trinajstić information content (AvgIpc) is 2.43. The van der Waals surface area contributed by atoms with E-state index < -0.39 is 4.92 Å². The minimum Gasteiger partial charge on any atom is -0.395 e. The molecule has 0 aliphatic rings. The van der Waals surface area contributed by atoms with Gasteiger partial charge in [-0.25, -0.2) is 0 Å². The molecule has 6 nitrogen and oxygen atoms in total. The molecule has 0 amide bonds. The molecule has 0 unspecified atom stereocenters. The molecular weight excluding hydrogens is 258 g/mol. The molecule has 0 saturated carbocycles. The van der Waals surface area contributed by atoms with Crippen LogP contribution in [0, 0.1) is 10.1 Å². The van der Waals surface area contributed by atoms with Gasteiger partial charge in [0.05, 0.1) is 22.6 Å². The first-order valence-electron chi connectivity index (χ1n) is 6.46. The van der Waals surface area contributed by atoms with Crippen LogP contribution in [0.3, 0.4) is 0 Å². The van der Waals surface area contributed by atoms with Crippen LogP contribution in [-0.2, 0) is 0 Å². The molecule has 0 aliphatic carbocycles. The molecule has 1 aromatic carbocycles. The summed E-state index contributed by atoms with van der Waals surface area (Å²) in [6.45, 7) is 4.49. The second-order valence-corrected chi connectivity index (χ2v) is 4.77. The Labute approximate surface area is 116 Å². The molecule has 0 spiro atoms. The Morgan fingerprint density at radius 1 is 1.40 bits per heavy atom. The summed E-state index contributed by atoms with van der Waals surface area (Å²) < 4.78 is 0. The van der Waals surface area contributed by atoms with Gasteiger partial charge in [0.1, 0.15) is 5.52 Å². The molecule has 0 radical (unpaired) electrons. The molecular formula is C14H17N3O3. The zero-order valence-electron chi connectivity index (χ0n) is 11.5. The van der Waals surface area contributed by atoms with Crippen LogP contribution < -0.4 is 4.90 Å². The normalized spacial score (nSPS) is 11.0. The summed E-state index contributed by atoms with van der Waals surface area (Å²) in [7, 11) is 0. The number of aliphatic hydroxyl groups excluding tert-OH is 1. The number of non-ortho nitro benzene ring substituents is 1. The van der Waals surface area contributed by atoms with Crippen molar-refractivity contribution >= 4 is 22.3 Å². The zero-order chi connectivity index (χ0) is 14.7. The summed E-state index contributed by atoms with van der Waals surface area (Å²) in [5.74, 6) is 0. The van der Waals surface area contributed by atoms with Gasteiger partial charge in [0.15, 0.2) is 0 Å². The molecule has 2 aromatic rings. The van der Waals surface area contributed by atoms with E-state index in [-0.39, 0.29) is 18.3 Å². The van der Waals surface area contributed by atoms with E-state index in [1.54, 1.807) is 24.4 Å². The van der Waals surface area contributed by atoms with Crippen LogP contribution >= 0.6 is 0 Å². The predicted octanol–water partition coefficient (Wildman–Crippen LogP) is 2.35. The van der Waals surface area contributed by atoms with Gasteiger partial charge in [-0.1, -0.05) is 0 Å². The van der Waals surface area contributed by atoms with Gasteiger partial charge in [0.2, 0.25) is 0 Å². The second-order valence-electron chi connectivity index (χ2n) is 4.77. The van der Waals surface area contributed by atoms with Gasteiger partial charge in [-0.3, -0.25) is 15.1 Å². The van der Waals surface area contributed by atoms with E-state index >= 15 is 0 Å². The number of aliphatic hydroxyl groups is 1. The van der Waals surface area contributed by atoms with Gasteiger partial charge >= 0.3 is 0 Å². The first kappa shape index (κ1) is 14.2. The molecule has 0 saturated heterocycles. The summed E-state index contributed by atoms with van der Waals surface area (Å²) in [5, 5.41) is 20.8. The molecule has 0 fully saturated rings. The number of pyridine rings is 1. The molecule has 106 valence electrons. The number of nitrogens with zero attached hydrogens (tertiary/aromatic N) is 3. The average molecular weight is 275 g/mol. The number of hydrogen-bond donors (Lipinski definition) is 1. The predicted molar refractivity (Wildman–Crippen MR) is 78.0 cm³/mol. The summed E-state index contributed by atoms with van der Waals surface area (Å²) in [6.07, 6.45) is 1.62. The maximum absolute atomic E-state index is 11.1. The Kier molecular flexibility index (Phi) is 4.14. The fraction of sp³-hybridized carbons (Fsp3) is 0.357. The first-order chi connectivity index (χ1) is 9.56. The van der Waals surface area contributed by atoms with E-state index in [2.05, 4.69) is 4.98 Å². The molecule has 0 aliphatic heterocycles. The molecule has 1 aromatic heterocycles. The van der Waals surface area contributed by atoms with E-state index in [1.165, 1.54) is 6.07 Å². The SMILES string of the molecule is CC(C)N(CCO)c1ccc([N+](=O)[O-])c2cccnc12. The molecule has 20 heavy (non-hydrogen) atoms. The van der Waals surface area contributed by atoms with Crippen LogP contribution in [0.25, 0.3) is 10.9 Å². The largest absolute Gasteiger partial charge is 0.395 e. The van der Waals surface area contributed by atoms with Gasteiger partial charge in [-0.15, -0.1) is 0 Å². The van der Waals surface area contributed by atoms with E-state index in [9.17, 15) is 15.2 Å². The summed E-state index contributed by atoms with van der Waals surface area (Å²) >= 11 is 0. The van der Waals surface area contributed by atoms with E-state index in [1.807, 2.05) is 18.7 Å². The highest BCUT2D eigenvalue weighted by Crippen LogP contribution is 2.32. The van der Waals surface area contributed by atoms with Gasteiger partial charge in [0.25, 0.3) is 5.69 Å². The highest BCUT2D eigenvalue weighted by Gasteiger charge is 2.19. The van der Waals surface area contributed by atoms with Crippen LogP contribution in [0.1, 0.15) is 13.8 Å². The topological polar surface area (TPSA) is 79.5 Å². The lowest BCUT2D eigenvalue weighted by Crippen LogP contribution is -2.33. The first-order valence-corrected chi connectivity index (χ1v) is 6.46. The maximum atomic E-state index is 11.1. The molecule has 1 N–H and O–H groups in total. The fourth-order valence-electron chi connectivity index (χ4n) is 2.30. The van der Waals surface area contributed by atoms with Gasteiger partial charge < -0.3 is 10.0 Å². The van der Waals surface area contributed by atoms with Gasteiger partial charge in [-0.05, 0) is 32.0 Å². The Morgan fingerprint density at radius 2 is 2.15 bits per heavy atom. The van der Waals surface area contributed by atoms with Crippen molar-refractivity contribution in [3.63, 3.8) is 0 Å². The quantitative estimate of drug-likeness (QED) is 0.669. The minimum absolute atomic E-state index is 0.0174. The number of hydrogen-bond acceptors (Lipinski definition) is 5. The van der Waals surface area contributed by atoms with Crippen LogP contribution in [0.2, 0.25) is 0 Å². The van der Waals surface area contributed by atoms with Crippen molar-refractivity contribution in [3.8, 4) is 0 Å². The van der Waals surface area contributed by atoms with E-state index in [0.717, 1.165) is 5.69 Å². The number of nitro groups is 1. The Balaban J connectivity index is 2.66. The summed E-state index contributed by atoms with van der Waals surface area (Å²) in [5.41, 5.74) is 1.43. The lowest BCUT2D eigenvalue weighted by molar-refractivity contribution is -0.383. The highest BCUT2D eigenvalue weighted by atomic mass is 16.6. The van der Waals surface area contributed by atoms with Crippen LogP contribution in [0.15, 0.2) is 30.5 Å². The third-order valence-electron chi connectivity index (χ3n) is 3.20. The number of rotatable bonds is 5. The van der Waals surface area contributed by atoms with E-state index in [0.29, 0.717) is 17.4 Å². The number of nitro benzene ring substituents is 1. The van der Waals surface area contributed by atoms with Crippen molar-refractivity contribution in [1.29, 1.82) is 0 Å². The van der Waals surface area contributed by atoms with Gasteiger partial charge in [0, 0.05) is 24.8 Å². The highest BCUT2D eigenvalue weighted by molar-refractivity contribution is 5.97. The van der Waals surface area contributed by atoms with Crippen LogP contribution in [-0.4, -0.2) is 34.2 Å². The molecule has 2 rings (SSSR count). The lowest BCUT2D eigenvalue weighted by atomic mass is 10.1. The van der Waals surface area contributed by atoms with Crippen molar-refractivity contribution in [2.75, 3.05) is 18.1 Å².